The van der Waals surface area contributed by atoms with Crippen LogP contribution in [0.5, 0.6) is 0 Å². The number of sulfonamides is 1. The highest BCUT2D eigenvalue weighted by atomic mass is 35.5. The predicted molar refractivity (Wildman–Crippen MR) is 91.0 cm³/mol. The lowest BCUT2D eigenvalue weighted by atomic mass is 10.1. The maximum atomic E-state index is 13.2. The molecule has 8 heteroatoms. The van der Waals surface area contributed by atoms with Crippen molar-refractivity contribution >= 4 is 33.2 Å². The number of nitrogens with one attached hydrogen (secondary N) is 2. The minimum absolute atomic E-state index is 0.125. The van der Waals surface area contributed by atoms with E-state index in [2.05, 4.69) is 10.0 Å². The van der Waals surface area contributed by atoms with Gasteiger partial charge in [0.2, 0.25) is 15.9 Å². The molecule has 0 aliphatic carbocycles. The van der Waals surface area contributed by atoms with Gasteiger partial charge in [0.1, 0.15) is 10.7 Å². The summed E-state index contributed by atoms with van der Waals surface area (Å²) in [5.74, 6) is -1.28. The van der Waals surface area contributed by atoms with Crippen LogP contribution in [0.25, 0.3) is 0 Å². The molecule has 128 valence electrons. The molecule has 0 unspecified atom stereocenters. The van der Waals surface area contributed by atoms with E-state index in [4.69, 9.17) is 11.6 Å². The van der Waals surface area contributed by atoms with Gasteiger partial charge in [0.05, 0.1) is 11.6 Å². The number of halogens is 2. The molecule has 0 bridgehead atoms. The van der Waals surface area contributed by atoms with Crippen molar-refractivity contribution in [3.63, 3.8) is 0 Å². The van der Waals surface area contributed by atoms with Crippen molar-refractivity contribution in [3.8, 4) is 0 Å². The van der Waals surface area contributed by atoms with Crippen LogP contribution in [0, 0.1) is 5.82 Å². The Morgan fingerprint density at radius 1 is 1.21 bits per heavy atom. The van der Waals surface area contributed by atoms with Crippen molar-refractivity contribution in [2.75, 3.05) is 11.9 Å². The quantitative estimate of drug-likeness (QED) is 0.820. The molecule has 0 saturated heterocycles. The number of hydrogen-bond acceptors (Lipinski definition) is 3. The summed E-state index contributed by atoms with van der Waals surface area (Å²) in [5, 5.41) is 2.47. The highest BCUT2D eigenvalue weighted by Crippen LogP contribution is 2.21. The molecule has 0 spiro atoms. The van der Waals surface area contributed by atoms with Gasteiger partial charge in [-0.2, -0.15) is 0 Å². The zero-order chi connectivity index (χ0) is 17.7. The summed E-state index contributed by atoms with van der Waals surface area (Å²) in [6.07, 6.45) is 0.814. The molecule has 0 aliphatic heterocycles. The second-order valence-corrected chi connectivity index (χ2v) is 7.14. The fourth-order valence-corrected chi connectivity index (χ4v) is 3.49. The molecule has 24 heavy (non-hydrogen) atoms. The third-order valence-corrected chi connectivity index (χ3v) is 5.11. The lowest BCUT2D eigenvalue weighted by Gasteiger charge is -2.10. The Balaban J connectivity index is 2.03. The molecule has 2 aromatic carbocycles. The minimum Gasteiger partial charge on any atom is -0.325 e. The fourth-order valence-electron chi connectivity index (χ4n) is 2.00. The first-order valence-corrected chi connectivity index (χ1v) is 9.01. The van der Waals surface area contributed by atoms with E-state index in [9.17, 15) is 17.6 Å². The summed E-state index contributed by atoms with van der Waals surface area (Å²) >= 11 is 5.77. The summed E-state index contributed by atoms with van der Waals surface area (Å²) in [6.45, 7) is 1.49. The predicted octanol–water partition coefficient (Wildman–Crippen LogP) is 2.96. The van der Waals surface area contributed by atoms with E-state index in [1.54, 1.807) is 18.2 Å². The minimum atomic E-state index is -4.10. The lowest BCUT2D eigenvalue weighted by molar-refractivity contribution is -0.115. The Bertz CT molecular complexity index is 856. The topological polar surface area (TPSA) is 75.3 Å². The van der Waals surface area contributed by atoms with Gasteiger partial charge < -0.3 is 5.32 Å². The van der Waals surface area contributed by atoms with E-state index in [0.717, 1.165) is 30.2 Å². The van der Waals surface area contributed by atoms with Crippen LogP contribution < -0.4 is 10.0 Å². The number of aryl methyl sites for hydroxylation is 1. The van der Waals surface area contributed by atoms with Crippen molar-refractivity contribution in [1.82, 2.24) is 4.72 Å². The van der Waals surface area contributed by atoms with E-state index in [1.165, 1.54) is 0 Å². The van der Waals surface area contributed by atoms with E-state index in [-0.39, 0.29) is 5.02 Å². The number of carbonyl (C=O) groups is 1. The monoisotopic (exact) mass is 370 g/mol. The average Bonchev–Trinajstić information content (AvgIpc) is 2.55. The largest absolute Gasteiger partial charge is 0.325 e. The number of amides is 1. The zero-order valence-electron chi connectivity index (χ0n) is 12.8. The van der Waals surface area contributed by atoms with Crippen molar-refractivity contribution < 1.29 is 17.6 Å². The number of anilines is 1. The van der Waals surface area contributed by atoms with E-state index in [0.29, 0.717) is 5.69 Å². The van der Waals surface area contributed by atoms with Gasteiger partial charge in [-0.15, -0.1) is 0 Å². The lowest BCUT2D eigenvalue weighted by Crippen LogP contribution is -2.33. The Labute approximate surface area is 144 Å². The van der Waals surface area contributed by atoms with Gasteiger partial charge in [0, 0.05) is 5.69 Å². The van der Waals surface area contributed by atoms with E-state index in [1.807, 2.05) is 13.0 Å². The summed E-state index contributed by atoms with van der Waals surface area (Å²) in [5.41, 5.74) is 1.61. The first-order valence-electron chi connectivity index (χ1n) is 7.15. The van der Waals surface area contributed by atoms with Gasteiger partial charge in [0.15, 0.2) is 0 Å². The summed E-state index contributed by atoms with van der Waals surface area (Å²) in [6, 6.07) is 10.2. The first-order chi connectivity index (χ1) is 11.3. The van der Waals surface area contributed by atoms with Gasteiger partial charge in [-0.1, -0.05) is 30.7 Å². The molecule has 5 nitrogen and oxygen atoms in total. The van der Waals surface area contributed by atoms with Gasteiger partial charge in [-0.05, 0) is 42.3 Å². The molecule has 0 atom stereocenters. The highest BCUT2D eigenvalue weighted by Gasteiger charge is 2.19. The van der Waals surface area contributed by atoms with Crippen LogP contribution in [0.1, 0.15) is 12.5 Å². The summed E-state index contributed by atoms with van der Waals surface area (Å²) < 4.78 is 39.5. The van der Waals surface area contributed by atoms with Gasteiger partial charge in [-0.3, -0.25) is 4.79 Å². The molecule has 0 fully saturated rings. The Kier molecular flexibility index (Phi) is 5.93. The maximum absolute atomic E-state index is 13.2. The molecule has 2 aromatic rings. The van der Waals surface area contributed by atoms with Crippen LogP contribution in [0.2, 0.25) is 5.02 Å². The van der Waals surface area contributed by atoms with Crippen molar-refractivity contribution in [2.45, 2.75) is 18.2 Å². The summed E-state index contributed by atoms with van der Waals surface area (Å²) in [7, 11) is -4.10. The van der Waals surface area contributed by atoms with Crippen LogP contribution in [0.4, 0.5) is 10.1 Å². The zero-order valence-corrected chi connectivity index (χ0v) is 14.4. The van der Waals surface area contributed by atoms with Gasteiger partial charge >= 0.3 is 0 Å². The number of carbonyl (C=O) groups excluding carboxylic acids is 1. The molecule has 0 heterocycles. The van der Waals surface area contributed by atoms with Crippen LogP contribution in [-0.4, -0.2) is 20.9 Å². The SMILES string of the molecule is CCc1cccc(NC(=O)CNS(=O)(=O)c2cc(F)ccc2Cl)c1. The second-order valence-electron chi connectivity index (χ2n) is 5.00. The van der Waals surface area contributed by atoms with Gasteiger partial charge in [0.25, 0.3) is 0 Å². The molecule has 0 saturated carbocycles. The Hall–Kier alpha value is -1.96. The maximum Gasteiger partial charge on any atom is 0.242 e. The van der Waals surface area contributed by atoms with Crippen molar-refractivity contribution in [2.24, 2.45) is 0 Å². The normalized spacial score (nSPS) is 11.3. The first kappa shape index (κ1) is 18.4. The van der Waals surface area contributed by atoms with E-state index < -0.39 is 33.2 Å². The molecule has 0 aromatic heterocycles. The number of benzene rings is 2. The molecule has 2 rings (SSSR count). The van der Waals surface area contributed by atoms with Crippen LogP contribution in [-0.2, 0) is 21.2 Å². The molecular formula is C16H16ClFN2O3S. The van der Waals surface area contributed by atoms with Crippen molar-refractivity contribution in [3.05, 3.63) is 58.9 Å². The third-order valence-electron chi connectivity index (χ3n) is 3.22. The summed E-state index contributed by atoms with van der Waals surface area (Å²) in [4.78, 5) is 11.5. The second kappa shape index (κ2) is 7.74. The van der Waals surface area contributed by atoms with Crippen molar-refractivity contribution in [1.29, 1.82) is 0 Å². The van der Waals surface area contributed by atoms with Crippen LogP contribution >= 0.6 is 11.6 Å². The fraction of sp³-hybridized carbons (Fsp3) is 0.188. The van der Waals surface area contributed by atoms with E-state index >= 15 is 0 Å². The third kappa shape index (κ3) is 4.77. The molecule has 0 aliphatic rings. The Morgan fingerprint density at radius 2 is 1.96 bits per heavy atom. The Morgan fingerprint density at radius 3 is 2.67 bits per heavy atom. The molecule has 0 radical (unpaired) electrons. The molecule has 1 amide bonds. The van der Waals surface area contributed by atoms with Crippen LogP contribution in [0.15, 0.2) is 47.4 Å². The van der Waals surface area contributed by atoms with Crippen LogP contribution in [0.3, 0.4) is 0 Å². The van der Waals surface area contributed by atoms with Gasteiger partial charge in [-0.25, -0.2) is 17.5 Å². The number of rotatable bonds is 6. The average molecular weight is 371 g/mol. The molecule has 2 N–H and O–H groups in total. The number of hydrogen-bond donors (Lipinski definition) is 2. The molecular weight excluding hydrogens is 355 g/mol. The smallest absolute Gasteiger partial charge is 0.242 e. The highest BCUT2D eigenvalue weighted by molar-refractivity contribution is 7.89. The standard InChI is InChI=1S/C16H16ClFN2O3S/c1-2-11-4-3-5-13(8-11)20-16(21)10-19-24(22,23)15-9-12(18)6-7-14(15)17/h3-9,19H,2,10H2,1H3,(H,20,21).